The van der Waals surface area contributed by atoms with Gasteiger partial charge in [0.25, 0.3) is 5.91 Å². The summed E-state index contributed by atoms with van der Waals surface area (Å²) >= 11 is 5.98. The van der Waals surface area contributed by atoms with E-state index in [9.17, 15) is 9.59 Å². The fourth-order valence-corrected chi connectivity index (χ4v) is 3.70. The monoisotopic (exact) mass is 320 g/mol. The van der Waals surface area contributed by atoms with Gasteiger partial charge in [0.15, 0.2) is 0 Å². The zero-order valence-corrected chi connectivity index (χ0v) is 13.4. The van der Waals surface area contributed by atoms with E-state index in [1.165, 1.54) is 11.3 Å². The van der Waals surface area contributed by atoms with Crippen LogP contribution in [0.2, 0.25) is 5.02 Å². The third kappa shape index (κ3) is 2.98. The predicted octanol–water partition coefficient (Wildman–Crippen LogP) is 3.87. The Kier molecular flexibility index (Phi) is 4.39. The molecule has 1 spiro atoms. The van der Waals surface area contributed by atoms with Crippen LogP contribution in [0.3, 0.4) is 0 Å². The fraction of sp³-hybridized carbons (Fsp3) is 0.529. The molecule has 2 aliphatic rings. The van der Waals surface area contributed by atoms with Gasteiger partial charge in [-0.3, -0.25) is 9.69 Å². The molecule has 4 nitrogen and oxygen atoms in total. The molecule has 22 heavy (non-hydrogen) atoms. The minimum atomic E-state index is -0.671. The van der Waals surface area contributed by atoms with Gasteiger partial charge in [0.2, 0.25) is 0 Å². The van der Waals surface area contributed by atoms with E-state index in [4.69, 9.17) is 11.6 Å². The van der Waals surface area contributed by atoms with E-state index in [0.29, 0.717) is 5.02 Å². The van der Waals surface area contributed by atoms with Gasteiger partial charge in [0.1, 0.15) is 5.54 Å². The summed E-state index contributed by atoms with van der Waals surface area (Å²) in [6, 6.07) is 7.03. The molecule has 0 radical (unpaired) electrons. The van der Waals surface area contributed by atoms with Crippen molar-refractivity contribution < 1.29 is 9.59 Å². The van der Waals surface area contributed by atoms with Gasteiger partial charge in [-0.25, -0.2) is 4.79 Å². The summed E-state index contributed by atoms with van der Waals surface area (Å²) < 4.78 is 0. The quantitative estimate of drug-likeness (QED) is 0.841. The minimum Gasteiger partial charge on any atom is -0.323 e. The molecule has 3 amide bonds. The van der Waals surface area contributed by atoms with Crippen molar-refractivity contribution in [1.82, 2.24) is 10.2 Å². The molecule has 1 aromatic rings. The molecule has 1 saturated carbocycles. The lowest BCUT2D eigenvalue weighted by atomic mass is 9.84. The Morgan fingerprint density at radius 2 is 1.77 bits per heavy atom. The second kappa shape index (κ2) is 6.29. The molecule has 0 atom stereocenters. The highest BCUT2D eigenvalue weighted by Gasteiger charge is 2.50. The summed E-state index contributed by atoms with van der Waals surface area (Å²) in [5, 5.41) is 3.59. The van der Waals surface area contributed by atoms with Crippen molar-refractivity contribution in [3.63, 3.8) is 0 Å². The molecule has 1 heterocycles. The standard InChI is InChI=1S/C17H21ClN2O2/c18-14-8-6-7-13(11-14)12-20-15(21)17(19-16(20)22)9-4-2-1-3-5-10-17/h6-8,11H,1-5,9-10,12H2,(H,19,22). The van der Waals surface area contributed by atoms with Crippen LogP contribution in [0.5, 0.6) is 0 Å². The first-order valence-corrected chi connectivity index (χ1v) is 8.37. The number of benzene rings is 1. The number of carbonyl (C=O) groups excluding carboxylic acids is 2. The molecule has 118 valence electrons. The van der Waals surface area contributed by atoms with E-state index < -0.39 is 5.54 Å². The van der Waals surface area contributed by atoms with Crippen LogP contribution in [0, 0.1) is 0 Å². The molecule has 5 heteroatoms. The maximum atomic E-state index is 12.9. The number of amides is 3. The number of nitrogens with one attached hydrogen (secondary N) is 1. The predicted molar refractivity (Wildman–Crippen MR) is 85.6 cm³/mol. The molecular weight excluding hydrogens is 300 g/mol. The molecule has 1 N–H and O–H groups in total. The molecule has 1 aromatic carbocycles. The van der Waals surface area contributed by atoms with E-state index in [-0.39, 0.29) is 18.5 Å². The summed E-state index contributed by atoms with van der Waals surface area (Å²) in [6.07, 6.45) is 7.00. The Hall–Kier alpha value is -1.55. The number of rotatable bonds is 2. The number of urea groups is 1. The van der Waals surface area contributed by atoms with Gasteiger partial charge in [-0.2, -0.15) is 0 Å². The second-order valence-corrected chi connectivity index (χ2v) is 6.74. The molecule has 0 unspecified atom stereocenters. The first-order valence-electron chi connectivity index (χ1n) is 7.99. The van der Waals surface area contributed by atoms with Crippen molar-refractivity contribution in [2.24, 2.45) is 0 Å². The fourth-order valence-electron chi connectivity index (χ4n) is 3.49. The normalized spacial score (nSPS) is 21.6. The lowest BCUT2D eigenvalue weighted by Gasteiger charge is -2.28. The zero-order chi connectivity index (χ0) is 15.6. The third-order valence-corrected chi connectivity index (χ3v) is 4.92. The highest BCUT2D eigenvalue weighted by molar-refractivity contribution is 6.30. The van der Waals surface area contributed by atoms with E-state index in [0.717, 1.165) is 44.1 Å². The van der Waals surface area contributed by atoms with Crippen LogP contribution in [0.4, 0.5) is 4.79 Å². The molecule has 0 bridgehead atoms. The summed E-state index contributed by atoms with van der Waals surface area (Å²) in [5.41, 5.74) is 0.203. The Morgan fingerprint density at radius 3 is 2.45 bits per heavy atom. The molecule has 1 aliphatic heterocycles. The number of halogens is 1. The first-order chi connectivity index (χ1) is 10.6. The van der Waals surface area contributed by atoms with Crippen LogP contribution >= 0.6 is 11.6 Å². The smallest absolute Gasteiger partial charge is 0.323 e. The van der Waals surface area contributed by atoms with Crippen molar-refractivity contribution in [3.8, 4) is 0 Å². The number of nitrogens with zero attached hydrogens (tertiary/aromatic N) is 1. The number of carbonyl (C=O) groups is 2. The van der Waals surface area contributed by atoms with Crippen molar-refractivity contribution in [3.05, 3.63) is 34.9 Å². The van der Waals surface area contributed by atoms with Crippen LogP contribution in [-0.4, -0.2) is 22.4 Å². The Morgan fingerprint density at radius 1 is 1.09 bits per heavy atom. The van der Waals surface area contributed by atoms with Gasteiger partial charge in [-0.1, -0.05) is 55.8 Å². The van der Waals surface area contributed by atoms with Crippen molar-refractivity contribution in [1.29, 1.82) is 0 Å². The van der Waals surface area contributed by atoms with Gasteiger partial charge in [-0.05, 0) is 30.5 Å². The summed E-state index contributed by atoms with van der Waals surface area (Å²) in [6.45, 7) is 0.285. The number of hydrogen-bond donors (Lipinski definition) is 1. The van der Waals surface area contributed by atoms with Gasteiger partial charge in [0, 0.05) is 5.02 Å². The summed E-state index contributed by atoms with van der Waals surface area (Å²) in [4.78, 5) is 26.5. The van der Waals surface area contributed by atoms with E-state index >= 15 is 0 Å². The Labute approximate surface area is 135 Å². The SMILES string of the molecule is O=C1NC2(CCCCCCC2)C(=O)N1Cc1cccc(Cl)c1. The summed E-state index contributed by atoms with van der Waals surface area (Å²) in [7, 11) is 0. The largest absolute Gasteiger partial charge is 0.325 e. The van der Waals surface area contributed by atoms with Crippen LogP contribution in [0.1, 0.15) is 50.5 Å². The molecule has 1 saturated heterocycles. The molecule has 2 fully saturated rings. The van der Waals surface area contributed by atoms with Crippen LogP contribution in [-0.2, 0) is 11.3 Å². The lowest BCUT2D eigenvalue weighted by molar-refractivity contribution is -0.132. The van der Waals surface area contributed by atoms with Crippen LogP contribution in [0.25, 0.3) is 0 Å². The summed E-state index contributed by atoms with van der Waals surface area (Å²) in [5.74, 6) is -0.0700. The Balaban J connectivity index is 1.78. The number of hydrogen-bond acceptors (Lipinski definition) is 2. The maximum absolute atomic E-state index is 12.9. The molecule has 1 aliphatic carbocycles. The average molecular weight is 321 g/mol. The van der Waals surface area contributed by atoms with Crippen molar-refractivity contribution in [2.75, 3.05) is 0 Å². The van der Waals surface area contributed by atoms with Crippen LogP contribution < -0.4 is 5.32 Å². The number of imide groups is 1. The first kappa shape index (κ1) is 15.3. The van der Waals surface area contributed by atoms with Gasteiger partial charge in [0.05, 0.1) is 6.54 Å². The second-order valence-electron chi connectivity index (χ2n) is 6.30. The topological polar surface area (TPSA) is 49.4 Å². The lowest BCUT2D eigenvalue weighted by Crippen LogP contribution is -2.47. The zero-order valence-electron chi connectivity index (χ0n) is 12.6. The average Bonchev–Trinajstić information content (AvgIpc) is 2.69. The Bertz CT molecular complexity index is 580. The van der Waals surface area contributed by atoms with E-state index in [2.05, 4.69) is 5.32 Å². The highest BCUT2D eigenvalue weighted by Crippen LogP contribution is 2.32. The van der Waals surface area contributed by atoms with Gasteiger partial charge in [-0.15, -0.1) is 0 Å². The third-order valence-electron chi connectivity index (χ3n) is 4.68. The van der Waals surface area contributed by atoms with Crippen LogP contribution in [0.15, 0.2) is 24.3 Å². The van der Waals surface area contributed by atoms with Gasteiger partial charge < -0.3 is 5.32 Å². The molecule has 0 aromatic heterocycles. The minimum absolute atomic E-state index is 0.0700. The molecular formula is C17H21ClN2O2. The van der Waals surface area contributed by atoms with Gasteiger partial charge >= 0.3 is 6.03 Å². The highest BCUT2D eigenvalue weighted by atomic mass is 35.5. The van der Waals surface area contributed by atoms with Crippen molar-refractivity contribution in [2.45, 2.75) is 57.0 Å². The van der Waals surface area contributed by atoms with Crippen molar-refractivity contribution >= 4 is 23.5 Å². The van der Waals surface area contributed by atoms with E-state index in [1.807, 2.05) is 12.1 Å². The van der Waals surface area contributed by atoms with E-state index in [1.54, 1.807) is 12.1 Å². The maximum Gasteiger partial charge on any atom is 0.325 e. The molecule has 3 rings (SSSR count).